The Hall–Kier alpha value is -8.72. The molecule has 0 bridgehead atoms. The normalized spacial score (nSPS) is 12.2. The molecule has 2 heteroatoms. The predicted octanol–water partition coefficient (Wildman–Crippen LogP) is 20.4. The van der Waals surface area contributed by atoms with Crippen LogP contribution in [0.15, 0.2) is 243 Å². The van der Waals surface area contributed by atoms with Gasteiger partial charge in [-0.25, -0.2) is 0 Å². The molecular formula is C72H58N2. The monoisotopic (exact) mass is 950 g/mol. The van der Waals surface area contributed by atoms with E-state index in [4.69, 9.17) is 0 Å². The van der Waals surface area contributed by atoms with E-state index in [0.717, 1.165) is 39.3 Å². The number of aromatic nitrogens is 1. The second-order valence-electron chi connectivity index (χ2n) is 22.2. The van der Waals surface area contributed by atoms with E-state index in [1.807, 2.05) is 0 Å². The largest absolute Gasteiger partial charge is 0.309 e. The van der Waals surface area contributed by atoms with Crippen molar-refractivity contribution in [2.75, 3.05) is 4.90 Å². The highest BCUT2D eigenvalue weighted by molar-refractivity contribution is 6.28. The molecule has 13 aromatic rings. The van der Waals surface area contributed by atoms with Gasteiger partial charge < -0.3 is 9.47 Å². The minimum Gasteiger partial charge on any atom is -0.309 e. The van der Waals surface area contributed by atoms with Gasteiger partial charge in [0.05, 0.1) is 33.8 Å². The topological polar surface area (TPSA) is 8.17 Å². The van der Waals surface area contributed by atoms with Crippen LogP contribution in [0.2, 0.25) is 0 Å². The van der Waals surface area contributed by atoms with Crippen LogP contribution in [-0.4, -0.2) is 4.57 Å². The summed E-state index contributed by atoms with van der Waals surface area (Å²) in [5.41, 5.74) is 19.1. The molecule has 0 unspecified atom stereocenters. The highest BCUT2D eigenvalue weighted by Gasteiger charge is 2.26. The lowest BCUT2D eigenvalue weighted by atomic mass is 9.85. The van der Waals surface area contributed by atoms with Gasteiger partial charge in [0.2, 0.25) is 0 Å². The zero-order valence-corrected chi connectivity index (χ0v) is 43.0. The second-order valence-corrected chi connectivity index (χ2v) is 22.2. The van der Waals surface area contributed by atoms with Crippen molar-refractivity contribution in [1.29, 1.82) is 0 Å². The van der Waals surface area contributed by atoms with Gasteiger partial charge in [0, 0.05) is 32.7 Å². The van der Waals surface area contributed by atoms with Gasteiger partial charge in [-0.2, -0.15) is 0 Å². The molecule has 1 heterocycles. The average molecular weight is 951 g/mol. The first-order valence-corrected chi connectivity index (χ1v) is 26.1. The Kier molecular flexibility index (Phi) is 10.7. The molecule has 2 nitrogen and oxygen atoms in total. The van der Waals surface area contributed by atoms with Crippen molar-refractivity contribution in [1.82, 2.24) is 4.57 Å². The fourth-order valence-electron chi connectivity index (χ4n) is 11.6. The first-order chi connectivity index (χ1) is 36.0. The fourth-order valence-corrected chi connectivity index (χ4v) is 11.6. The highest BCUT2D eigenvalue weighted by Crippen LogP contribution is 2.50. The number of rotatable bonds is 8. The molecule has 0 atom stereocenters. The molecule has 0 spiro atoms. The molecule has 74 heavy (non-hydrogen) atoms. The van der Waals surface area contributed by atoms with Crippen LogP contribution >= 0.6 is 0 Å². The summed E-state index contributed by atoms with van der Waals surface area (Å²) >= 11 is 0. The van der Waals surface area contributed by atoms with Crippen molar-refractivity contribution in [2.45, 2.75) is 52.4 Å². The van der Waals surface area contributed by atoms with Gasteiger partial charge in [-0.3, -0.25) is 0 Å². The number of fused-ring (bicyclic) bond motifs is 3. The molecule has 356 valence electrons. The van der Waals surface area contributed by atoms with Crippen LogP contribution in [0, 0.1) is 0 Å². The molecule has 0 aliphatic rings. The summed E-state index contributed by atoms with van der Waals surface area (Å²) < 4.78 is 2.53. The maximum atomic E-state index is 2.53. The molecule has 0 aliphatic carbocycles. The van der Waals surface area contributed by atoms with Crippen molar-refractivity contribution in [3.63, 3.8) is 0 Å². The lowest BCUT2D eigenvalue weighted by molar-refractivity contribution is 0.590. The molecule has 0 radical (unpaired) electrons. The van der Waals surface area contributed by atoms with Crippen molar-refractivity contribution in [3.05, 3.63) is 254 Å². The zero-order valence-electron chi connectivity index (χ0n) is 43.0. The van der Waals surface area contributed by atoms with Crippen molar-refractivity contribution >= 4 is 71.2 Å². The first kappa shape index (κ1) is 45.2. The summed E-state index contributed by atoms with van der Waals surface area (Å²) in [5.74, 6) is 0. The standard InChI is InChI=1S/C72H58N2/c1-71(2,3)55-36-42-67-61(45-55)62-46-56(72(4,5)6)37-43-68(62)74(67)66-41-35-52-32-38-59-65(40-34-51-33-39-60(66)70(52)69(51)59)73(63-26-15-13-24-57(63)50-30-28-49(29-31-50)47-18-9-7-10-19-47)64-27-16-14-25-58(64)54-23-17-22-53(44-54)48-20-11-8-12-21-48/h7-46H,1-6H3. The first-order valence-electron chi connectivity index (χ1n) is 26.1. The Morgan fingerprint density at radius 2 is 0.743 bits per heavy atom. The maximum absolute atomic E-state index is 2.53. The summed E-state index contributed by atoms with van der Waals surface area (Å²) in [6.45, 7) is 13.9. The molecule has 1 aromatic heterocycles. The third kappa shape index (κ3) is 7.64. The summed E-state index contributed by atoms with van der Waals surface area (Å²) in [5, 5.41) is 10.0. The van der Waals surface area contributed by atoms with E-state index in [1.54, 1.807) is 0 Å². The Morgan fingerprint density at radius 1 is 0.297 bits per heavy atom. The SMILES string of the molecule is CC(C)(C)c1ccc2c(c1)c1cc(C(C)(C)C)ccc1n2-c1ccc2ccc3c(N(c4ccccc4-c4ccc(-c5ccccc5)cc4)c4ccccc4-c4cccc(-c5ccccc5)c4)ccc4ccc1c2c43. The minimum absolute atomic E-state index is 0.0169. The minimum atomic E-state index is 0.0169. The second kappa shape index (κ2) is 17.5. The molecule has 13 rings (SSSR count). The van der Waals surface area contributed by atoms with Gasteiger partial charge in [0.25, 0.3) is 0 Å². The quantitative estimate of drug-likeness (QED) is 0.138. The van der Waals surface area contributed by atoms with Gasteiger partial charge >= 0.3 is 0 Å². The number of nitrogens with zero attached hydrogens (tertiary/aromatic N) is 2. The molecule has 0 aliphatic heterocycles. The zero-order chi connectivity index (χ0) is 50.3. The van der Waals surface area contributed by atoms with Crippen LogP contribution in [0.25, 0.3) is 104 Å². The van der Waals surface area contributed by atoms with Gasteiger partial charge in [0.1, 0.15) is 0 Å². The summed E-state index contributed by atoms with van der Waals surface area (Å²) in [6.07, 6.45) is 0. The van der Waals surface area contributed by atoms with Crippen LogP contribution in [0.4, 0.5) is 17.1 Å². The lowest BCUT2D eigenvalue weighted by Crippen LogP contribution is -2.13. The Balaban J connectivity index is 1.06. The third-order valence-corrected chi connectivity index (χ3v) is 15.5. The molecule has 0 fully saturated rings. The smallest absolute Gasteiger partial charge is 0.0541 e. The van der Waals surface area contributed by atoms with Crippen molar-refractivity contribution in [2.24, 2.45) is 0 Å². The summed E-state index contributed by atoms with van der Waals surface area (Å²) in [6, 6.07) is 90.4. The predicted molar refractivity (Wildman–Crippen MR) is 318 cm³/mol. The number of hydrogen-bond acceptors (Lipinski definition) is 1. The number of anilines is 3. The van der Waals surface area contributed by atoms with E-state index in [2.05, 4.69) is 294 Å². The van der Waals surface area contributed by atoms with E-state index in [0.29, 0.717) is 0 Å². The van der Waals surface area contributed by atoms with Crippen LogP contribution in [0.1, 0.15) is 52.7 Å². The Morgan fingerprint density at radius 3 is 1.34 bits per heavy atom. The van der Waals surface area contributed by atoms with E-state index in [1.165, 1.54) is 93.2 Å². The van der Waals surface area contributed by atoms with Crippen LogP contribution in [0.5, 0.6) is 0 Å². The molecule has 0 saturated heterocycles. The van der Waals surface area contributed by atoms with Gasteiger partial charge in [-0.1, -0.05) is 230 Å². The van der Waals surface area contributed by atoms with E-state index >= 15 is 0 Å². The molecule has 0 saturated carbocycles. The third-order valence-electron chi connectivity index (χ3n) is 15.5. The maximum Gasteiger partial charge on any atom is 0.0541 e. The molecule has 12 aromatic carbocycles. The van der Waals surface area contributed by atoms with E-state index in [9.17, 15) is 0 Å². The average Bonchev–Trinajstić information content (AvgIpc) is 3.77. The van der Waals surface area contributed by atoms with Crippen molar-refractivity contribution in [3.8, 4) is 50.2 Å². The highest BCUT2D eigenvalue weighted by atomic mass is 15.1. The molecular weight excluding hydrogens is 893 g/mol. The number of para-hydroxylation sites is 2. The van der Waals surface area contributed by atoms with Gasteiger partial charge in [0.15, 0.2) is 0 Å². The fraction of sp³-hybridized carbons (Fsp3) is 0.111. The van der Waals surface area contributed by atoms with E-state index < -0.39 is 0 Å². The van der Waals surface area contributed by atoms with E-state index in [-0.39, 0.29) is 10.8 Å². The van der Waals surface area contributed by atoms with Crippen molar-refractivity contribution < 1.29 is 0 Å². The van der Waals surface area contributed by atoms with Gasteiger partial charge in [-0.15, -0.1) is 0 Å². The summed E-state index contributed by atoms with van der Waals surface area (Å²) in [7, 11) is 0. The lowest BCUT2D eigenvalue weighted by Gasteiger charge is -2.31. The van der Waals surface area contributed by atoms with Crippen LogP contribution < -0.4 is 4.90 Å². The van der Waals surface area contributed by atoms with Crippen LogP contribution in [-0.2, 0) is 10.8 Å². The van der Waals surface area contributed by atoms with Crippen LogP contribution in [0.3, 0.4) is 0 Å². The number of hydrogen-bond donors (Lipinski definition) is 0. The molecule has 0 N–H and O–H groups in total. The Labute approximate surface area is 434 Å². The van der Waals surface area contributed by atoms with Gasteiger partial charge in [-0.05, 0) is 131 Å². The Bertz CT molecular complexity index is 4170. The summed E-state index contributed by atoms with van der Waals surface area (Å²) in [4.78, 5) is 2.53. The number of benzene rings is 12. The molecule has 0 amide bonds.